The molecule has 2 saturated heterocycles. The van der Waals surface area contributed by atoms with Gasteiger partial charge in [-0.15, -0.1) is 23.7 Å². The zero-order chi connectivity index (χ0) is 11.1. The van der Waals surface area contributed by atoms with E-state index in [1.54, 1.807) is 0 Å². The molecule has 1 aromatic heterocycles. The Hall–Kier alpha value is -0.100. The Balaban J connectivity index is 0.00000108. The third-order valence-corrected chi connectivity index (χ3v) is 5.04. The smallest absolute Gasteiger partial charge is 0.261 e. The summed E-state index contributed by atoms with van der Waals surface area (Å²) in [6.45, 7) is 0. The molecule has 2 N–H and O–H groups in total. The molecule has 3 heterocycles. The molecule has 1 aromatic rings. The average Bonchev–Trinajstić information content (AvgIpc) is 2.92. The Morgan fingerprint density at radius 2 is 2.29 bits per heavy atom. The van der Waals surface area contributed by atoms with Gasteiger partial charge in [-0.1, -0.05) is 0 Å². The summed E-state index contributed by atoms with van der Waals surface area (Å²) >= 11 is 4.86. The van der Waals surface area contributed by atoms with Crippen molar-refractivity contribution in [2.24, 2.45) is 0 Å². The number of carbonyl (C=O) groups is 1. The third-order valence-electron chi connectivity index (χ3n) is 3.41. The van der Waals surface area contributed by atoms with Crippen LogP contribution in [0.1, 0.15) is 28.9 Å². The lowest BCUT2D eigenvalue weighted by molar-refractivity contribution is 0.0935. The highest BCUT2D eigenvalue weighted by Gasteiger charge is 2.39. The number of halogens is 2. The molecule has 0 aromatic carbocycles. The SMILES string of the molecule is Cl.O=C(N[C@@H]1C[C@H]2CC[C@@H]1N2)c1ccc(Br)s1. The van der Waals surface area contributed by atoms with E-state index in [9.17, 15) is 4.79 Å². The molecular weight excluding hydrogens is 324 g/mol. The van der Waals surface area contributed by atoms with E-state index in [4.69, 9.17) is 0 Å². The molecule has 0 unspecified atom stereocenters. The molecule has 17 heavy (non-hydrogen) atoms. The van der Waals surface area contributed by atoms with Crippen molar-refractivity contribution in [2.45, 2.75) is 37.4 Å². The van der Waals surface area contributed by atoms with Crippen LogP contribution in [0.5, 0.6) is 0 Å². The Bertz CT molecular complexity index is 425. The maximum atomic E-state index is 11.9. The van der Waals surface area contributed by atoms with E-state index < -0.39 is 0 Å². The molecule has 2 fully saturated rings. The van der Waals surface area contributed by atoms with Crippen LogP contribution in [0.4, 0.5) is 0 Å². The van der Waals surface area contributed by atoms with Crippen molar-refractivity contribution in [3.05, 3.63) is 20.8 Å². The standard InChI is InChI=1S/C11H13BrN2OS.ClH/c12-10-4-3-9(16-10)11(15)14-8-5-6-1-2-7(8)13-6;/h3-4,6-8,13H,1-2,5H2,(H,14,15);1H/t6-,7+,8-;/m1./s1. The van der Waals surface area contributed by atoms with Crippen molar-refractivity contribution in [3.8, 4) is 0 Å². The van der Waals surface area contributed by atoms with Crippen LogP contribution in [-0.4, -0.2) is 24.0 Å². The van der Waals surface area contributed by atoms with Crippen molar-refractivity contribution in [2.75, 3.05) is 0 Å². The number of amides is 1. The molecule has 2 aliphatic heterocycles. The lowest BCUT2D eigenvalue weighted by atomic mass is 9.95. The minimum absolute atomic E-state index is 0. The van der Waals surface area contributed by atoms with Gasteiger partial charge in [0.1, 0.15) is 0 Å². The predicted molar refractivity (Wildman–Crippen MR) is 75.1 cm³/mol. The van der Waals surface area contributed by atoms with E-state index in [1.807, 2.05) is 12.1 Å². The normalized spacial score (nSPS) is 30.1. The molecule has 6 heteroatoms. The first kappa shape index (κ1) is 13.3. The Morgan fingerprint density at radius 3 is 2.82 bits per heavy atom. The summed E-state index contributed by atoms with van der Waals surface area (Å²) in [6, 6.07) is 5.23. The first-order valence-electron chi connectivity index (χ1n) is 5.54. The molecule has 2 aliphatic rings. The number of rotatable bonds is 2. The van der Waals surface area contributed by atoms with Gasteiger partial charge in [-0.2, -0.15) is 0 Å². The number of fused-ring (bicyclic) bond motifs is 2. The fraction of sp³-hybridized carbons (Fsp3) is 0.545. The van der Waals surface area contributed by atoms with Crippen LogP contribution in [0.2, 0.25) is 0 Å². The van der Waals surface area contributed by atoms with Crippen molar-refractivity contribution in [1.82, 2.24) is 10.6 Å². The van der Waals surface area contributed by atoms with E-state index in [0.717, 1.165) is 15.1 Å². The third kappa shape index (κ3) is 2.67. The van der Waals surface area contributed by atoms with Gasteiger partial charge in [-0.3, -0.25) is 4.79 Å². The van der Waals surface area contributed by atoms with Crippen molar-refractivity contribution >= 4 is 45.6 Å². The number of carbonyl (C=O) groups excluding carboxylic acids is 1. The van der Waals surface area contributed by atoms with Gasteiger partial charge in [-0.25, -0.2) is 0 Å². The van der Waals surface area contributed by atoms with Gasteiger partial charge in [-0.05, 0) is 47.3 Å². The molecule has 0 spiro atoms. The summed E-state index contributed by atoms with van der Waals surface area (Å²) < 4.78 is 1.00. The van der Waals surface area contributed by atoms with Gasteiger partial charge < -0.3 is 10.6 Å². The zero-order valence-electron chi connectivity index (χ0n) is 9.11. The zero-order valence-corrected chi connectivity index (χ0v) is 12.3. The fourth-order valence-electron chi connectivity index (χ4n) is 2.66. The van der Waals surface area contributed by atoms with Gasteiger partial charge in [0, 0.05) is 18.1 Å². The van der Waals surface area contributed by atoms with Crippen molar-refractivity contribution in [1.29, 1.82) is 0 Å². The lowest BCUT2D eigenvalue weighted by Crippen LogP contribution is -2.42. The van der Waals surface area contributed by atoms with Crippen LogP contribution in [-0.2, 0) is 0 Å². The number of hydrogen-bond donors (Lipinski definition) is 2. The second-order valence-corrected chi connectivity index (χ2v) is 6.93. The molecule has 94 valence electrons. The van der Waals surface area contributed by atoms with Gasteiger partial charge in [0.05, 0.1) is 8.66 Å². The molecular formula is C11H14BrClN2OS. The molecule has 1 amide bonds. The van der Waals surface area contributed by atoms with Gasteiger partial charge in [0.15, 0.2) is 0 Å². The highest BCUT2D eigenvalue weighted by Crippen LogP contribution is 2.29. The number of nitrogens with one attached hydrogen (secondary N) is 2. The molecule has 2 bridgehead atoms. The van der Waals surface area contributed by atoms with Crippen LogP contribution >= 0.6 is 39.7 Å². The first-order chi connectivity index (χ1) is 7.72. The highest BCUT2D eigenvalue weighted by molar-refractivity contribution is 9.11. The largest absolute Gasteiger partial charge is 0.347 e. The van der Waals surface area contributed by atoms with E-state index in [0.29, 0.717) is 18.1 Å². The Kier molecular flexibility index (Phi) is 4.13. The second-order valence-electron chi connectivity index (χ2n) is 4.47. The van der Waals surface area contributed by atoms with Crippen LogP contribution < -0.4 is 10.6 Å². The lowest BCUT2D eigenvalue weighted by Gasteiger charge is -2.20. The molecule has 0 saturated carbocycles. The highest BCUT2D eigenvalue weighted by atomic mass is 79.9. The van der Waals surface area contributed by atoms with Gasteiger partial charge in [0.2, 0.25) is 0 Å². The molecule has 0 aliphatic carbocycles. The summed E-state index contributed by atoms with van der Waals surface area (Å²) in [6.07, 6.45) is 3.55. The van der Waals surface area contributed by atoms with E-state index >= 15 is 0 Å². The van der Waals surface area contributed by atoms with E-state index in [-0.39, 0.29) is 18.3 Å². The fourth-order valence-corrected chi connectivity index (χ4v) is 3.95. The first-order valence-corrected chi connectivity index (χ1v) is 7.15. The van der Waals surface area contributed by atoms with Crippen LogP contribution in [0.3, 0.4) is 0 Å². The Morgan fingerprint density at radius 1 is 1.47 bits per heavy atom. The predicted octanol–water partition coefficient (Wildman–Crippen LogP) is 2.56. The van der Waals surface area contributed by atoms with Gasteiger partial charge in [0.25, 0.3) is 5.91 Å². The number of thiophene rings is 1. The van der Waals surface area contributed by atoms with Crippen molar-refractivity contribution in [3.63, 3.8) is 0 Å². The number of hydrogen-bond acceptors (Lipinski definition) is 3. The van der Waals surface area contributed by atoms with Crippen LogP contribution in [0.15, 0.2) is 15.9 Å². The molecule has 3 atom stereocenters. The van der Waals surface area contributed by atoms with E-state index in [2.05, 4.69) is 26.6 Å². The van der Waals surface area contributed by atoms with Gasteiger partial charge >= 0.3 is 0 Å². The van der Waals surface area contributed by atoms with E-state index in [1.165, 1.54) is 24.2 Å². The summed E-state index contributed by atoms with van der Waals surface area (Å²) in [7, 11) is 0. The summed E-state index contributed by atoms with van der Waals surface area (Å²) in [5, 5.41) is 6.65. The second kappa shape index (κ2) is 5.26. The van der Waals surface area contributed by atoms with Crippen LogP contribution in [0.25, 0.3) is 0 Å². The quantitative estimate of drug-likeness (QED) is 0.871. The monoisotopic (exact) mass is 336 g/mol. The van der Waals surface area contributed by atoms with Crippen LogP contribution in [0, 0.1) is 0 Å². The van der Waals surface area contributed by atoms with Crippen molar-refractivity contribution < 1.29 is 4.79 Å². The minimum Gasteiger partial charge on any atom is -0.347 e. The minimum atomic E-state index is 0. The molecule has 3 rings (SSSR count). The summed E-state index contributed by atoms with van der Waals surface area (Å²) in [5.74, 6) is 0.0649. The average molecular weight is 338 g/mol. The summed E-state index contributed by atoms with van der Waals surface area (Å²) in [5.41, 5.74) is 0. The molecule has 3 nitrogen and oxygen atoms in total. The topological polar surface area (TPSA) is 41.1 Å². The maximum Gasteiger partial charge on any atom is 0.261 e. The maximum absolute atomic E-state index is 11.9. The summed E-state index contributed by atoms with van der Waals surface area (Å²) in [4.78, 5) is 12.7. The molecule has 0 radical (unpaired) electrons. The Labute approximate surface area is 119 Å².